The van der Waals surface area contributed by atoms with Crippen LogP contribution in [-0.2, 0) is 0 Å². The first-order valence-electron chi connectivity index (χ1n) is 3.45. The van der Waals surface area contributed by atoms with Gasteiger partial charge in [-0.3, -0.25) is 0 Å². The van der Waals surface area contributed by atoms with Gasteiger partial charge >= 0.3 is 0 Å². The lowest BCUT2D eigenvalue weighted by molar-refractivity contribution is 0.200. The zero-order chi connectivity index (χ0) is 8.43. The number of nitrogen functional groups attached to an aromatic ring is 2. The molecule has 0 radical (unpaired) electrons. The summed E-state index contributed by atoms with van der Waals surface area (Å²) in [4.78, 5) is 0. The molecule has 0 saturated carbocycles. The van der Waals surface area contributed by atoms with Gasteiger partial charge in [0.25, 0.3) is 0 Å². The molecule has 0 saturated heterocycles. The Kier molecular flexibility index (Phi) is 2.01. The molecular formula is C8H12N2O. The van der Waals surface area contributed by atoms with E-state index in [-0.39, 0.29) is 0 Å². The summed E-state index contributed by atoms with van der Waals surface area (Å²) in [6, 6.07) is 5.24. The fourth-order valence-corrected chi connectivity index (χ4v) is 0.966. The molecule has 0 aliphatic rings. The summed E-state index contributed by atoms with van der Waals surface area (Å²) in [6.45, 7) is 1.66. The largest absolute Gasteiger partial charge is 0.397 e. The highest BCUT2D eigenvalue weighted by atomic mass is 16.3. The van der Waals surface area contributed by atoms with E-state index in [4.69, 9.17) is 11.5 Å². The van der Waals surface area contributed by atoms with Crippen LogP contribution in [0.2, 0.25) is 0 Å². The van der Waals surface area contributed by atoms with Crippen molar-refractivity contribution in [1.29, 1.82) is 0 Å². The average Bonchev–Trinajstić information content (AvgIpc) is 1.94. The molecule has 0 fully saturated rings. The maximum Gasteiger partial charge on any atom is 0.0782 e. The highest BCUT2D eigenvalue weighted by molar-refractivity contribution is 5.67. The summed E-state index contributed by atoms with van der Waals surface area (Å²) >= 11 is 0. The highest BCUT2D eigenvalue weighted by Gasteiger charge is 2.05. The van der Waals surface area contributed by atoms with Gasteiger partial charge < -0.3 is 16.6 Å². The maximum absolute atomic E-state index is 9.19. The minimum absolute atomic E-state index is 0.475. The quantitative estimate of drug-likeness (QED) is 0.523. The van der Waals surface area contributed by atoms with E-state index in [1.165, 1.54) is 0 Å². The van der Waals surface area contributed by atoms with Crippen molar-refractivity contribution in [2.45, 2.75) is 13.0 Å². The van der Waals surface area contributed by atoms with Gasteiger partial charge in [-0.05, 0) is 13.0 Å². The number of aliphatic hydroxyl groups excluding tert-OH is 1. The summed E-state index contributed by atoms with van der Waals surface area (Å²) in [5.41, 5.74) is 12.8. The van der Waals surface area contributed by atoms with Gasteiger partial charge in [0.05, 0.1) is 17.5 Å². The smallest absolute Gasteiger partial charge is 0.0782 e. The predicted molar refractivity (Wildman–Crippen MR) is 45.9 cm³/mol. The first-order valence-corrected chi connectivity index (χ1v) is 3.45. The number of hydrogen-bond donors (Lipinski definition) is 3. The second-order valence-corrected chi connectivity index (χ2v) is 2.53. The molecule has 0 aromatic heterocycles. The van der Waals surface area contributed by atoms with Gasteiger partial charge in [-0.2, -0.15) is 0 Å². The number of anilines is 2. The first kappa shape index (κ1) is 7.88. The standard InChI is InChI=1S/C8H12N2O/c1-5(11)6-3-2-4-7(9)8(6)10/h2-5,11H,9-10H2,1H3. The molecule has 5 N–H and O–H groups in total. The van der Waals surface area contributed by atoms with Crippen LogP contribution in [0, 0.1) is 0 Å². The number of rotatable bonds is 1. The van der Waals surface area contributed by atoms with E-state index in [2.05, 4.69) is 0 Å². The van der Waals surface area contributed by atoms with Crippen LogP contribution in [0.5, 0.6) is 0 Å². The summed E-state index contributed by atoms with van der Waals surface area (Å²) in [6.07, 6.45) is -0.557. The summed E-state index contributed by atoms with van der Waals surface area (Å²) in [5.74, 6) is 0. The van der Waals surface area contributed by atoms with E-state index >= 15 is 0 Å². The number of hydrogen-bond acceptors (Lipinski definition) is 3. The molecule has 60 valence electrons. The van der Waals surface area contributed by atoms with Crippen molar-refractivity contribution in [3.05, 3.63) is 23.8 Å². The molecule has 0 bridgehead atoms. The van der Waals surface area contributed by atoms with Crippen molar-refractivity contribution in [1.82, 2.24) is 0 Å². The summed E-state index contributed by atoms with van der Waals surface area (Å²) in [7, 11) is 0. The Hall–Kier alpha value is -1.22. The molecular weight excluding hydrogens is 140 g/mol. The van der Waals surface area contributed by atoms with Gasteiger partial charge in [0.2, 0.25) is 0 Å². The van der Waals surface area contributed by atoms with Gasteiger partial charge in [0, 0.05) is 5.56 Å². The molecule has 3 heteroatoms. The third-order valence-corrected chi connectivity index (χ3v) is 1.62. The fourth-order valence-electron chi connectivity index (χ4n) is 0.966. The lowest BCUT2D eigenvalue weighted by Crippen LogP contribution is -2.01. The van der Waals surface area contributed by atoms with E-state index < -0.39 is 6.10 Å². The third-order valence-electron chi connectivity index (χ3n) is 1.62. The minimum atomic E-state index is -0.557. The van der Waals surface area contributed by atoms with Crippen molar-refractivity contribution in [2.24, 2.45) is 0 Å². The minimum Gasteiger partial charge on any atom is -0.397 e. The zero-order valence-electron chi connectivity index (χ0n) is 6.41. The van der Waals surface area contributed by atoms with Crippen LogP contribution in [-0.4, -0.2) is 5.11 Å². The second-order valence-electron chi connectivity index (χ2n) is 2.53. The molecule has 1 rings (SSSR count). The molecule has 0 aliphatic heterocycles. The predicted octanol–water partition coefficient (Wildman–Crippen LogP) is 0.904. The van der Waals surface area contributed by atoms with Crippen molar-refractivity contribution in [3.8, 4) is 0 Å². The second kappa shape index (κ2) is 2.80. The SMILES string of the molecule is CC(O)c1cccc(N)c1N. The molecule has 0 aliphatic carbocycles. The van der Waals surface area contributed by atoms with Crippen molar-refractivity contribution < 1.29 is 5.11 Å². The Bertz CT molecular complexity index is 258. The van der Waals surface area contributed by atoms with Crippen LogP contribution in [0.15, 0.2) is 18.2 Å². The summed E-state index contributed by atoms with van der Waals surface area (Å²) < 4.78 is 0. The maximum atomic E-state index is 9.19. The molecule has 3 nitrogen and oxygen atoms in total. The van der Waals surface area contributed by atoms with E-state index in [9.17, 15) is 5.11 Å². The molecule has 11 heavy (non-hydrogen) atoms. The fraction of sp³-hybridized carbons (Fsp3) is 0.250. The Morgan fingerprint density at radius 1 is 1.36 bits per heavy atom. The molecule has 0 spiro atoms. The number of aliphatic hydroxyl groups is 1. The van der Waals surface area contributed by atoms with Gasteiger partial charge in [-0.1, -0.05) is 12.1 Å². The van der Waals surface area contributed by atoms with E-state index in [0.717, 1.165) is 0 Å². The van der Waals surface area contributed by atoms with E-state index in [0.29, 0.717) is 16.9 Å². The number of nitrogens with two attached hydrogens (primary N) is 2. The third kappa shape index (κ3) is 1.43. The average molecular weight is 152 g/mol. The number of para-hydroxylation sites is 1. The lowest BCUT2D eigenvalue weighted by Gasteiger charge is -2.09. The van der Waals surface area contributed by atoms with E-state index in [1.807, 2.05) is 0 Å². The van der Waals surface area contributed by atoms with Crippen molar-refractivity contribution in [2.75, 3.05) is 11.5 Å². The Labute approximate surface area is 65.6 Å². The Morgan fingerprint density at radius 3 is 2.45 bits per heavy atom. The van der Waals surface area contributed by atoms with Crippen molar-refractivity contribution in [3.63, 3.8) is 0 Å². The van der Waals surface area contributed by atoms with Crippen LogP contribution < -0.4 is 11.5 Å². The summed E-state index contributed by atoms with van der Waals surface area (Å²) in [5, 5.41) is 9.19. The molecule has 1 aromatic rings. The van der Waals surface area contributed by atoms with Crippen LogP contribution in [0.25, 0.3) is 0 Å². The highest BCUT2D eigenvalue weighted by Crippen LogP contribution is 2.24. The van der Waals surface area contributed by atoms with Gasteiger partial charge in [-0.15, -0.1) is 0 Å². The Balaban J connectivity index is 3.17. The molecule has 1 aromatic carbocycles. The normalized spacial score (nSPS) is 12.9. The van der Waals surface area contributed by atoms with Crippen LogP contribution in [0.4, 0.5) is 11.4 Å². The molecule has 0 heterocycles. The molecule has 1 unspecified atom stereocenters. The van der Waals surface area contributed by atoms with Crippen LogP contribution >= 0.6 is 0 Å². The molecule has 1 atom stereocenters. The van der Waals surface area contributed by atoms with Crippen molar-refractivity contribution >= 4 is 11.4 Å². The first-order chi connectivity index (χ1) is 5.13. The van der Waals surface area contributed by atoms with E-state index in [1.54, 1.807) is 25.1 Å². The lowest BCUT2D eigenvalue weighted by atomic mass is 10.1. The van der Waals surface area contributed by atoms with Gasteiger partial charge in [0.1, 0.15) is 0 Å². The van der Waals surface area contributed by atoms with Crippen LogP contribution in [0.1, 0.15) is 18.6 Å². The number of benzene rings is 1. The van der Waals surface area contributed by atoms with Crippen LogP contribution in [0.3, 0.4) is 0 Å². The zero-order valence-corrected chi connectivity index (χ0v) is 6.41. The topological polar surface area (TPSA) is 72.3 Å². The van der Waals surface area contributed by atoms with Gasteiger partial charge in [-0.25, -0.2) is 0 Å². The monoisotopic (exact) mass is 152 g/mol. The van der Waals surface area contributed by atoms with Gasteiger partial charge in [0.15, 0.2) is 0 Å². The molecule has 0 amide bonds. The Morgan fingerprint density at radius 2 is 2.00 bits per heavy atom.